The molecule has 8 bridgehead atoms. The van der Waals surface area contributed by atoms with Gasteiger partial charge >= 0.3 is 0 Å². The Balaban J connectivity index is 0.805. The van der Waals surface area contributed by atoms with Gasteiger partial charge in [0.15, 0.2) is 23.0 Å². The number of hydrogen-bond donors (Lipinski definition) is 4. The van der Waals surface area contributed by atoms with E-state index >= 15 is 0 Å². The average Bonchev–Trinajstić information content (AvgIpc) is 3.27. The first-order valence-corrected chi connectivity index (χ1v) is 28.9. The van der Waals surface area contributed by atoms with E-state index in [2.05, 4.69) is 10.6 Å². The second kappa shape index (κ2) is 28.2. The summed E-state index contributed by atoms with van der Waals surface area (Å²) in [4.78, 5) is 28.2. The number of rotatable bonds is 22. The van der Waals surface area contributed by atoms with Gasteiger partial charge in [-0.25, -0.2) is 0 Å². The van der Waals surface area contributed by atoms with Crippen LogP contribution in [0, 0.1) is 0 Å². The van der Waals surface area contributed by atoms with E-state index in [9.17, 15) is 19.8 Å². The van der Waals surface area contributed by atoms with Crippen LogP contribution < -0.4 is 39.1 Å². The zero-order valence-electron chi connectivity index (χ0n) is 47.6. The molecule has 10 aromatic carbocycles. The molecular formula is C74H66N2O10. The van der Waals surface area contributed by atoms with Crippen LogP contribution in [0.15, 0.2) is 231 Å². The van der Waals surface area contributed by atoms with Gasteiger partial charge in [0.25, 0.3) is 11.8 Å². The maximum absolute atomic E-state index is 14.1. The maximum atomic E-state index is 14.1. The topological polar surface area (TPSA) is 154 Å². The van der Waals surface area contributed by atoms with Crippen molar-refractivity contribution in [2.24, 2.45) is 0 Å². The Hall–Kier alpha value is -10.5. The summed E-state index contributed by atoms with van der Waals surface area (Å²) in [6.45, 7) is 1.58. The van der Waals surface area contributed by atoms with E-state index in [-0.39, 0.29) is 62.8 Å². The zero-order valence-corrected chi connectivity index (χ0v) is 47.6. The molecule has 0 spiro atoms. The molecule has 12 nitrogen and oxygen atoms in total. The lowest BCUT2D eigenvalue weighted by atomic mass is 9.91. The Morgan fingerprint density at radius 1 is 0.302 bits per heavy atom. The minimum atomic E-state index is -0.354. The monoisotopic (exact) mass is 1140 g/mol. The number of phenols is 2. The van der Waals surface area contributed by atoms with Crippen molar-refractivity contribution in [2.45, 2.75) is 52.1 Å². The fourth-order valence-electron chi connectivity index (χ4n) is 10.6. The first-order valence-electron chi connectivity index (χ1n) is 28.9. The second-order valence-corrected chi connectivity index (χ2v) is 20.9. The number of ether oxygens (including phenoxy) is 6. The third-order valence-corrected chi connectivity index (χ3v) is 14.9. The summed E-state index contributed by atoms with van der Waals surface area (Å²) in [5, 5.41) is 30.4. The van der Waals surface area contributed by atoms with E-state index < -0.39 is 0 Å². The molecule has 1 aliphatic rings. The third-order valence-electron chi connectivity index (χ3n) is 14.9. The Bertz CT molecular complexity index is 3570. The van der Waals surface area contributed by atoms with Crippen LogP contribution in [0.3, 0.4) is 0 Å². The molecule has 432 valence electrons. The lowest BCUT2D eigenvalue weighted by molar-refractivity contribution is 0.0933. The molecule has 0 saturated heterocycles. The van der Waals surface area contributed by atoms with Gasteiger partial charge < -0.3 is 49.3 Å². The molecule has 10 aromatic rings. The van der Waals surface area contributed by atoms with Crippen LogP contribution in [0.5, 0.6) is 46.0 Å². The van der Waals surface area contributed by atoms with Crippen molar-refractivity contribution < 1.29 is 48.2 Å². The summed E-state index contributed by atoms with van der Waals surface area (Å²) in [7, 11) is 0. The normalized spacial score (nSPS) is 11.6. The van der Waals surface area contributed by atoms with Crippen molar-refractivity contribution in [2.75, 3.05) is 26.3 Å². The molecule has 0 radical (unpaired) electrons. The van der Waals surface area contributed by atoms with Crippen LogP contribution in [0.2, 0.25) is 0 Å². The molecule has 11 rings (SSSR count). The van der Waals surface area contributed by atoms with Crippen molar-refractivity contribution in [1.82, 2.24) is 10.6 Å². The van der Waals surface area contributed by atoms with Gasteiger partial charge in [0, 0.05) is 25.7 Å². The van der Waals surface area contributed by atoms with Gasteiger partial charge in [-0.2, -0.15) is 0 Å². The summed E-state index contributed by atoms with van der Waals surface area (Å²) >= 11 is 0. The molecule has 12 heteroatoms. The molecule has 0 heterocycles. The number of amides is 2. The van der Waals surface area contributed by atoms with Crippen LogP contribution in [-0.2, 0) is 52.1 Å². The average molecular weight is 1140 g/mol. The zero-order chi connectivity index (χ0) is 58.9. The summed E-state index contributed by atoms with van der Waals surface area (Å²) < 4.78 is 38.6. The fourth-order valence-corrected chi connectivity index (χ4v) is 10.6. The lowest BCUT2D eigenvalue weighted by Crippen LogP contribution is -2.29. The van der Waals surface area contributed by atoms with Crippen LogP contribution >= 0.6 is 0 Å². The maximum Gasteiger partial charge on any atom is 0.255 e. The molecular weight excluding hydrogens is 1080 g/mol. The van der Waals surface area contributed by atoms with Crippen molar-refractivity contribution in [3.63, 3.8) is 0 Å². The summed E-state index contributed by atoms with van der Waals surface area (Å²) in [5.41, 5.74) is 10.5. The number of hydrogen-bond acceptors (Lipinski definition) is 10. The molecule has 0 fully saturated rings. The Kier molecular flexibility index (Phi) is 18.8. The first kappa shape index (κ1) is 57.4. The highest BCUT2D eigenvalue weighted by Crippen LogP contribution is 2.39. The van der Waals surface area contributed by atoms with Crippen molar-refractivity contribution >= 4 is 11.8 Å². The van der Waals surface area contributed by atoms with Crippen molar-refractivity contribution in [1.29, 1.82) is 0 Å². The smallest absolute Gasteiger partial charge is 0.255 e. The number of benzene rings is 10. The highest BCUT2D eigenvalue weighted by molar-refractivity contribution is 5.98. The molecule has 0 unspecified atom stereocenters. The molecule has 0 saturated carbocycles. The van der Waals surface area contributed by atoms with E-state index in [0.29, 0.717) is 107 Å². The highest BCUT2D eigenvalue weighted by atomic mass is 16.5. The van der Waals surface area contributed by atoms with Gasteiger partial charge in [-0.15, -0.1) is 0 Å². The van der Waals surface area contributed by atoms with Crippen molar-refractivity contribution in [3.05, 3.63) is 308 Å². The standard InChI is InChI=1S/C74H66N2O10/c77-67-55-27-13-29-57(67)45-61-33-16-34-62(70(61)82-42-40-76-74(80)64-36-18-38-66(84-48-52-21-7-2-8-22-52)72(64)86-50-54-25-11-4-12-26-54)46-58-30-14-28-56(68(58)78)44-60-32-15-31-59(43-55)69(60)81-41-39-75-73(79)63-35-17-37-65(83-47-51-19-5-1-6-20-51)71(63)85-49-53-23-9-3-10-24-53/h1-38,77-78H,39-50H2,(H,75,79)(H,76,80). The van der Waals surface area contributed by atoms with Crippen LogP contribution in [-0.4, -0.2) is 48.3 Å². The van der Waals surface area contributed by atoms with Crippen LogP contribution in [0.1, 0.15) is 87.5 Å². The number of para-hydroxylation sites is 6. The van der Waals surface area contributed by atoms with Gasteiger partial charge in [-0.3, -0.25) is 9.59 Å². The van der Waals surface area contributed by atoms with Crippen LogP contribution in [0.4, 0.5) is 0 Å². The first-order chi connectivity index (χ1) is 42.3. The lowest BCUT2D eigenvalue weighted by Gasteiger charge is -2.21. The largest absolute Gasteiger partial charge is 0.507 e. The quantitative estimate of drug-likeness (QED) is 0.0482. The molecule has 2 amide bonds. The fraction of sp³-hybridized carbons (Fsp3) is 0.162. The predicted octanol–water partition coefficient (Wildman–Crippen LogP) is 13.7. The number of nitrogens with one attached hydrogen (secondary N) is 2. The number of fused-ring (bicyclic) bond motifs is 8. The number of carbonyl (C=O) groups is 2. The van der Waals surface area contributed by atoms with Crippen LogP contribution in [0.25, 0.3) is 0 Å². The molecule has 86 heavy (non-hydrogen) atoms. The van der Waals surface area contributed by atoms with E-state index in [1.165, 1.54) is 0 Å². The summed E-state index contributed by atoms with van der Waals surface area (Å²) in [5.74, 6) is 2.35. The van der Waals surface area contributed by atoms with Gasteiger partial charge in [0.05, 0.1) is 24.2 Å². The van der Waals surface area contributed by atoms with E-state index in [1.54, 1.807) is 36.4 Å². The molecule has 1 aliphatic carbocycles. The van der Waals surface area contributed by atoms with E-state index in [4.69, 9.17) is 28.4 Å². The minimum Gasteiger partial charge on any atom is -0.507 e. The number of phenolic OH excluding ortho intramolecular Hbond substituents is 2. The van der Waals surface area contributed by atoms with E-state index in [0.717, 1.165) is 44.5 Å². The predicted molar refractivity (Wildman–Crippen MR) is 332 cm³/mol. The Morgan fingerprint density at radius 2 is 0.581 bits per heavy atom. The number of aromatic hydroxyl groups is 2. The van der Waals surface area contributed by atoms with Crippen molar-refractivity contribution in [3.8, 4) is 46.0 Å². The molecule has 0 aliphatic heterocycles. The summed E-state index contributed by atoms with van der Waals surface area (Å²) in [6, 6.07) is 73.1. The molecule has 4 N–H and O–H groups in total. The second-order valence-electron chi connectivity index (χ2n) is 20.9. The van der Waals surface area contributed by atoms with Gasteiger partial charge in [0.1, 0.15) is 62.6 Å². The van der Waals surface area contributed by atoms with Gasteiger partial charge in [0.2, 0.25) is 0 Å². The number of carbonyl (C=O) groups excluding carboxylic acids is 2. The highest BCUT2D eigenvalue weighted by Gasteiger charge is 2.23. The SMILES string of the molecule is O=C(NCCOc1c2cccc1Cc1cccc(c1O)Cc1cccc(c1OCCNC(=O)c1cccc(OCc3ccccc3)c1OCc1ccccc1)Cc1cccc(c1O)C2)c1cccc(OCc2ccccc2)c1OCc1ccccc1. The Morgan fingerprint density at radius 3 is 0.895 bits per heavy atom. The minimum absolute atomic E-state index is 0.112. The van der Waals surface area contributed by atoms with E-state index in [1.807, 2.05) is 194 Å². The Labute approximate surface area is 501 Å². The third kappa shape index (κ3) is 14.5. The van der Waals surface area contributed by atoms with Gasteiger partial charge in [-0.1, -0.05) is 206 Å². The summed E-state index contributed by atoms with van der Waals surface area (Å²) in [6.07, 6.45) is 1.29. The molecule has 0 aromatic heterocycles. The molecule has 0 atom stereocenters. The van der Waals surface area contributed by atoms with Gasteiger partial charge in [-0.05, 0) is 91.0 Å².